The van der Waals surface area contributed by atoms with Crippen LogP contribution >= 0.6 is 24.2 Å². The molecule has 6 nitrogen and oxygen atoms in total. The van der Waals surface area contributed by atoms with Crippen LogP contribution in [0.1, 0.15) is 29.7 Å². The number of nitrogens with zero attached hydrogens (tertiary/aromatic N) is 2. The number of hydrogen-bond donors (Lipinski definition) is 2. The Morgan fingerprint density at radius 1 is 1.11 bits per heavy atom. The fourth-order valence-corrected chi connectivity index (χ4v) is 4.95. The van der Waals surface area contributed by atoms with Crippen LogP contribution in [0.2, 0.25) is 5.02 Å². The van der Waals surface area contributed by atoms with Crippen molar-refractivity contribution in [1.29, 1.82) is 0 Å². The Labute approximate surface area is 221 Å². The third kappa shape index (κ3) is 4.81. The predicted octanol–water partition coefficient (Wildman–Crippen LogP) is 5.85. The zero-order chi connectivity index (χ0) is 26.0. The highest BCUT2D eigenvalue weighted by atomic mass is 35.5. The molecule has 4 aromatic rings. The van der Waals surface area contributed by atoms with E-state index >= 15 is 0 Å². The van der Waals surface area contributed by atoms with E-state index in [1.165, 1.54) is 11.8 Å². The van der Waals surface area contributed by atoms with E-state index in [2.05, 4.69) is 5.32 Å². The normalized spacial score (nSPS) is 11.8. The van der Waals surface area contributed by atoms with Crippen LogP contribution < -0.4 is 15.0 Å². The number of carbonyl (C=O) groups excluding carboxylic acids is 2. The van der Waals surface area contributed by atoms with Crippen molar-refractivity contribution in [1.82, 2.24) is 9.88 Å². The van der Waals surface area contributed by atoms with Gasteiger partial charge in [0.1, 0.15) is 11.8 Å². The van der Waals surface area contributed by atoms with Gasteiger partial charge in [0.2, 0.25) is 11.8 Å². The van der Waals surface area contributed by atoms with Gasteiger partial charge < -0.3 is 14.6 Å². The van der Waals surface area contributed by atoms with Crippen molar-refractivity contribution >= 4 is 52.6 Å². The molecule has 2 amide bonds. The van der Waals surface area contributed by atoms with Gasteiger partial charge in [0.05, 0.1) is 12.1 Å². The van der Waals surface area contributed by atoms with Crippen molar-refractivity contribution in [2.75, 3.05) is 12.0 Å². The van der Waals surface area contributed by atoms with Crippen LogP contribution in [-0.4, -0.2) is 23.5 Å². The van der Waals surface area contributed by atoms with Gasteiger partial charge >= 0.3 is 0 Å². The highest BCUT2D eigenvalue weighted by Crippen LogP contribution is 2.39. The molecule has 0 bridgehead atoms. The summed E-state index contributed by atoms with van der Waals surface area (Å²) in [5.74, 6) is 0.0237. The summed E-state index contributed by atoms with van der Waals surface area (Å²) in [6.45, 7) is 3.56. The number of aromatic nitrogens is 1. The number of thiol groups is 1. The summed E-state index contributed by atoms with van der Waals surface area (Å²) in [4.78, 5) is 28.6. The van der Waals surface area contributed by atoms with Gasteiger partial charge in [-0.15, -0.1) is 12.6 Å². The molecule has 1 aromatic heterocycles. The van der Waals surface area contributed by atoms with E-state index < -0.39 is 6.04 Å². The first-order valence-electron chi connectivity index (χ1n) is 11.5. The lowest BCUT2D eigenvalue weighted by atomic mass is 10.0. The fraction of sp³-hybridized carbons (Fsp3) is 0.214. The van der Waals surface area contributed by atoms with Gasteiger partial charge in [-0.3, -0.25) is 14.5 Å². The van der Waals surface area contributed by atoms with Crippen LogP contribution in [0, 0.1) is 6.92 Å². The molecule has 0 spiro atoms. The highest BCUT2D eigenvalue weighted by molar-refractivity contribution is 7.80. The van der Waals surface area contributed by atoms with Gasteiger partial charge in [-0.1, -0.05) is 54.1 Å². The number of ether oxygens (including phenoxy) is 1. The number of benzene rings is 3. The van der Waals surface area contributed by atoms with E-state index in [0.717, 1.165) is 22.0 Å². The number of para-hydroxylation sites is 2. The topological polar surface area (TPSA) is 63.6 Å². The smallest absolute Gasteiger partial charge is 0.248 e. The lowest BCUT2D eigenvalue weighted by Crippen LogP contribution is -2.43. The minimum Gasteiger partial charge on any atom is -0.496 e. The molecule has 1 unspecified atom stereocenters. The van der Waals surface area contributed by atoms with Gasteiger partial charge in [0, 0.05) is 53.3 Å². The first kappa shape index (κ1) is 25.7. The molecule has 0 aliphatic heterocycles. The minimum atomic E-state index is -0.991. The van der Waals surface area contributed by atoms with E-state index in [9.17, 15) is 9.59 Å². The van der Waals surface area contributed by atoms with Crippen molar-refractivity contribution in [3.8, 4) is 5.75 Å². The lowest BCUT2D eigenvalue weighted by molar-refractivity contribution is -0.126. The molecule has 1 N–H and O–H groups in total. The van der Waals surface area contributed by atoms with Gasteiger partial charge in [-0.25, -0.2) is 0 Å². The molecule has 0 saturated heterocycles. The summed E-state index contributed by atoms with van der Waals surface area (Å²) >= 11 is 11.2. The van der Waals surface area contributed by atoms with Gasteiger partial charge in [0.25, 0.3) is 0 Å². The summed E-state index contributed by atoms with van der Waals surface area (Å²) in [5, 5.41) is 4.96. The molecule has 1 atom stereocenters. The van der Waals surface area contributed by atoms with Crippen molar-refractivity contribution < 1.29 is 14.3 Å². The Morgan fingerprint density at radius 3 is 2.50 bits per heavy atom. The average Bonchev–Trinajstić information content (AvgIpc) is 3.12. The molecule has 0 fully saturated rings. The number of nitrogens with one attached hydrogen (secondary N) is 1. The summed E-state index contributed by atoms with van der Waals surface area (Å²) in [6.07, 6.45) is 0. The second-order valence-corrected chi connectivity index (χ2v) is 9.40. The van der Waals surface area contributed by atoms with Crippen molar-refractivity contribution in [2.24, 2.45) is 7.05 Å². The summed E-state index contributed by atoms with van der Waals surface area (Å²) in [7, 11) is 3.48. The number of anilines is 1. The molecule has 186 valence electrons. The van der Waals surface area contributed by atoms with Crippen molar-refractivity contribution in [2.45, 2.75) is 31.5 Å². The Kier molecular flexibility index (Phi) is 7.62. The maximum Gasteiger partial charge on any atom is 0.248 e. The Balaban J connectivity index is 1.86. The van der Waals surface area contributed by atoms with Gasteiger partial charge in [-0.2, -0.15) is 0 Å². The molecule has 0 saturated carbocycles. The molecule has 0 aliphatic carbocycles. The third-order valence-electron chi connectivity index (χ3n) is 6.31. The molecule has 4 rings (SSSR count). The number of amides is 2. The number of carbonyl (C=O) groups is 2. The predicted molar refractivity (Wildman–Crippen MR) is 147 cm³/mol. The zero-order valence-corrected chi connectivity index (χ0v) is 22.2. The number of hydrogen-bond acceptors (Lipinski definition) is 4. The number of halogens is 1. The second-order valence-electron chi connectivity index (χ2n) is 8.57. The molecule has 0 aliphatic rings. The average molecular weight is 522 g/mol. The molecular weight excluding hydrogens is 494 g/mol. The summed E-state index contributed by atoms with van der Waals surface area (Å²) in [6, 6.07) is 19.6. The molecule has 1 heterocycles. The lowest BCUT2D eigenvalue weighted by Gasteiger charge is -2.31. The van der Waals surface area contributed by atoms with Crippen LogP contribution in [-0.2, 0) is 23.2 Å². The highest BCUT2D eigenvalue weighted by Gasteiger charge is 2.35. The quantitative estimate of drug-likeness (QED) is 0.300. The van der Waals surface area contributed by atoms with Crippen LogP contribution in [0.3, 0.4) is 0 Å². The van der Waals surface area contributed by atoms with Crippen molar-refractivity contribution in [3.05, 3.63) is 88.4 Å². The van der Waals surface area contributed by atoms with Gasteiger partial charge in [-0.05, 0) is 36.8 Å². The standard InChI is InChI=1S/C28H28ClN3O3S/c1-17-13-14-20(15-22(17)29)32(18(2)33)26(25-21-10-6-7-11-23(21)31(3)28(25)36)27(34)30-16-19-9-5-8-12-24(19)35-4/h5-15,26,36H,16H2,1-4H3,(H,30,34). The van der Waals surface area contributed by atoms with Crippen LogP contribution in [0.25, 0.3) is 10.9 Å². The minimum absolute atomic E-state index is 0.229. The zero-order valence-electron chi connectivity index (χ0n) is 20.6. The van der Waals surface area contributed by atoms with Crippen molar-refractivity contribution in [3.63, 3.8) is 0 Å². The molecule has 0 radical (unpaired) electrons. The van der Waals surface area contributed by atoms with E-state index in [0.29, 0.717) is 27.0 Å². The summed E-state index contributed by atoms with van der Waals surface area (Å²) < 4.78 is 7.35. The van der Waals surface area contributed by atoms with Crippen LogP contribution in [0.4, 0.5) is 5.69 Å². The first-order chi connectivity index (χ1) is 17.2. The largest absolute Gasteiger partial charge is 0.496 e. The maximum atomic E-state index is 14.0. The fourth-order valence-electron chi connectivity index (χ4n) is 4.43. The van der Waals surface area contributed by atoms with E-state index in [1.807, 2.05) is 73.1 Å². The van der Waals surface area contributed by atoms with Gasteiger partial charge in [0.15, 0.2) is 0 Å². The van der Waals surface area contributed by atoms with E-state index in [-0.39, 0.29) is 18.4 Å². The third-order valence-corrected chi connectivity index (χ3v) is 7.26. The number of rotatable bonds is 7. The Hall–Kier alpha value is -3.42. The molecule has 8 heteroatoms. The number of methoxy groups -OCH3 is 1. The Morgan fingerprint density at radius 2 is 1.81 bits per heavy atom. The maximum absolute atomic E-state index is 14.0. The molecular formula is C28H28ClN3O3S. The Bertz CT molecular complexity index is 1450. The van der Waals surface area contributed by atoms with Crippen LogP contribution in [0.15, 0.2) is 71.8 Å². The van der Waals surface area contributed by atoms with E-state index in [4.69, 9.17) is 29.0 Å². The monoisotopic (exact) mass is 521 g/mol. The van der Waals surface area contributed by atoms with Crippen LogP contribution in [0.5, 0.6) is 5.75 Å². The SMILES string of the molecule is COc1ccccc1CNC(=O)C(c1c(S)n(C)c2ccccc12)N(C(C)=O)c1ccc(C)c(Cl)c1. The summed E-state index contributed by atoms with van der Waals surface area (Å²) in [5.41, 5.74) is 3.77. The molecule has 3 aromatic carbocycles. The first-order valence-corrected chi connectivity index (χ1v) is 12.3. The number of fused-ring (bicyclic) bond motifs is 1. The molecule has 36 heavy (non-hydrogen) atoms. The second kappa shape index (κ2) is 10.7. The number of aryl methyl sites for hydroxylation is 2. The van der Waals surface area contributed by atoms with E-state index in [1.54, 1.807) is 19.2 Å².